The van der Waals surface area contributed by atoms with Gasteiger partial charge in [-0.05, 0) is 37.8 Å². The van der Waals surface area contributed by atoms with Gasteiger partial charge in [0.25, 0.3) is 5.91 Å². The van der Waals surface area contributed by atoms with Crippen molar-refractivity contribution in [3.63, 3.8) is 0 Å². The van der Waals surface area contributed by atoms with Gasteiger partial charge in [0, 0.05) is 13.1 Å². The fourth-order valence-electron chi connectivity index (χ4n) is 1.82. The van der Waals surface area contributed by atoms with E-state index in [-0.39, 0.29) is 23.5 Å². The van der Waals surface area contributed by atoms with Crippen LogP contribution >= 0.6 is 0 Å². The van der Waals surface area contributed by atoms with Crippen molar-refractivity contribution < 1.29 is 19.1 Å². The first-order valence-corrected chi connectivity index (χ1v) is 5.61. The Morgan fingerprint density at radius 2 is 2.00 bits per heavy atom. The fraction of sp³-hybridized carbons (Fsp3) is 0.500. The van der Waals surface area contributed by atoms with Gasteiger partial charge < -0.3 is 14.4 Å². The van der Waals surface area contributed by atoms with Crippen LogP contribution in [-0.4, -0.2) is 35.0 Å². The van der Waals surface area contributed by atoms with Crippen LogP contribution in [0, 0.1) is 5.92 Å². The number of hydrogen-bond donors (Lipinski definition) is 1. The number of carbonyl (C=O) groups excluding carboxylic acids is 1. The number of carboxylic acids is 1. The Labute approximate surface area is 99.0 Å². The van der Waals surface area contributed by atoms with Gasteiger partial charge in [0.05, 0.1) is 0 Å². The second-order valence-corrected chi connectivity index (χ2v) is 4.46. The Morgan fingerprint density at radius 3 is 2.47 bits per heavy atom. The first-order valence-electron chi connectivity index (χ1n) is 5.61. The third-order valence-corrected chi connectivity index (χ3v) is 3.26. The molecule has 2 rings (SSSR count). The SMILES string of the molecule is CC(C1CC1)N(C)C(=O)c1ccc(C(=O)O)o1. The molecule has 0 spiro atoms. The van der Waals surface area contributed by atoms with Crippen LogP contribution in [0.15, 0.2) is 16.5 Å². The number of hydrogen-bond acceptors (Lipinski definition) is 3. The highest BCUT2D eigenvalue weighted by molar-refractivity contribution is 5.93. The van der Waals surface area contributed by atoms with Crippen molar-refractivity contribution in [1.29, 1.82) is 0 Å². The molecule has 0 bridgehead atoms. The van der Waals surface area contributed by atoms with E-state index >= 15 is 0 Å². The number of rotatable bonds is 4. The molecule has 1 aromatic rings. The quantitative estimate of drug-likeness (QED) is 0.867. The Kier molecular flexibility index (Phi) is 2.92. The van der Waals surface area contributed by atoms with E-state index in [1.165, 1.54) is 12.1 Å². The van der Waals surface area contributed by atoms with Crippen LogP contribution in [0.1, 0.15) is 40.9 Å². The first-order chi connectivity index (χ1) is 8.00. The van der Waals surface area contributed by atoms with Gasteiger partial charge in [0.1, 0.15) is 0 Å². The molecule has 1 N–H and O–H groups in total. The van der Waals surface area contributed by atoms with E-state index in [2.05, 4.69) is 0 Å². The zero-order valence-electron chi connectivity index (χ0n) is 9.84. The molecule has 5 heteroatoms. The summed E-state index contributed by atoms with van der Waals surface area (Å²) in [5.41, 5.74) is 0. The minimum atomic E-state index is -1.16. The highest BCUT2D eigenvalue weighted by Gasteiger charge is 2.33. The molecular formula is C12H15NO4. The van der Waals surface area contributed by atoms with Crippen LogP contribution in [0.2, 0.25) is 0 Å². The molecule has 0 aliphatic heterocycles. The zero-order chi connectivity index (χ0) is 12.6. The summed E-state index contributed by atoms with van der Waals surface area (Å²) < 4.78 is 4.99. The molecule has 1 unspecified atom stereocenters. The molecular weight excluding hydrogens is 222 g/mol. The lowest BCUT2D eigenvalue weighted by atomic mass is 10.2. The van der Waals surface area contributed by atoms with Crippen molar-refractivity contribution in [1.82, 2.24) is 4.90 Å². The predicted octanol–water partition coefficient (Wildman–Crippen LogP) is 1.85. The summed E-state index contributed by atoms with van der Waals surface area (Å²) in [6, 6.07) is 2.87. The molecule has 0 radical (unpaired) electrons. The van der Waals surface area contributed by atoms with Gasteiger partial charge in [-0.25, -0.2) is 4.79 Å². The lowest BCUT2D eigenvalue weighted by Crippen LogP contribution is -2.36. The topological polar surface area (TPSA) is 70.8 Å². The Morgan fingerprint density at radius 1 is 1.41 bits per heavy atom. The van der Waals surface area contributed by atoms with Crippen molar-refractivity contribution in [2.75, 3.05) is 7.05 Å². The van der Waals surface area contributed by atoms with E-state index in [9.17, 15) is 9.59 Å². The second kappa shape index (κ2) is 4.24. The minimum absolute atomic E-state index is 0.0809. The van der Waals surface area contributed by atoms with Crippen molar-refractivity contribution in [3.8, 4) is 0 Å². The lowest BCUT2D eigenvalue weighted by molar-refractivity contribution is 0.0643. The molecule has 1 aliphatic carbocycles. The number of carboxylic acid groups (broad SMARTS) is 1. The third kappa shape index (κ3) is 2.33. The van der Waals surface area contributed by atoms with Crippen LogP contribution in [0.4, 0.5) is 0 Å². The summed E-state index contributed by atoms with van der Waals surface area (Å²) in [6.45, 7) is 2.00. The number of nitrogens with zero attached hydrogens (tertiary/aromatic N) is 1. The van der Waals surface area contributed by atoms with Gasteiger partial charge in [-0.15, -0.1) is 0 Å². The van der Waals surface area contributed by atoms with Crippen molar-refractivity contribution in [2.24, 2.45) is 5.92 Å². The molecule has 5 nitrogen and oxygen atoms in total. The second-order valence-electron chi connectivity index (χ2n) is 4.46. The normalized spacial score (nSPS) is 16.6. The molecule has 1 atom stereocenters. The van der Waals surface area contributed by atoms with E-state index in [4.69, 9.17) is 9.52 Å². The number of carbonyl (C=O) groups is 2. The number of amides is 1. The standard InChI is InChI=1S/C12H15NO4/c1-7(8-3-4-8)13(2)11(14)9-5-6-10(17-9)12(15)16/h5-8H,3-4H2,1-2H3,(H,15,16). The maximum atomic E-state index is 12.0. The zero-order valence-corrected chi connectivity index (χ0v) is 9.84. The average Bonchev–Trinajstić information content (AvgIpc) is 3.03. The van der Waals surface area contributed by atoms with Gasteiger partial charge in [-0.3, -0.25) is 4.79 Å². The van der Waals surface area contributed by atoms with E-state index in [1.54, 1.807) is 11.9 Å². The molecule has 0 aromatic carbocycles. The highest BCUT2D eigenvalue weighted by atomic mass is 16.4. The van der Waals surface area contributed by atoms with Gasteiger partial charge in [0.15, 0.2) is 5.76 Å². The molecule has 1 aromatic heterocycles. The third-order valence-electron chi connectivity index (χ3n) is 3.26. The van der Waals surface area contributed by atoms with E-state index < -0.39 is 5.97 Å². The summed E-state index contributed by atoms with van der Waals surface area (Å²) in [7, 11) is 1.72. The maximum absolute atomic E-state index is 12.0. The number of aromatic carboxylic acids is 1. The van der Waals surface area contributed by atoms with Crippen LogP contribution in [0.5, 0.6) is 0 Å². The van der Waals surface area contributed by atoms with Gasteiger partial charge in [-0.2, -0.15) is 0 Å². The largest absolute Gasteiger partial charge is 0.475 e. The summed E-state index contributed by atoms with van der Waals surface area (Å²) >= 11 is 0. The van der Waals surface area contributed by atoms with E-state index in [0.29, 0.717) is 5.92 Å². The Balaban J connectivity index is 2.09. The molecule has 1 aliphatic rings. The van der Waals surface area contributed by atoms with E-state index in [1.807, 2.05) is 6.92 Å². The van der Waals surface area contributed by atoms with Gasteiger partial charge in [0.2, 0.25) is 5.76 Å². The fourth-order valence-corrected chi connectivity index (χ4v) is 1.82. The van der Waals surface area contributed by atoms with Crippen molar-refractivity contribution in [2.45, 2.75) is 25.8 Å². The van der Waals surface area contributed by atoms with Crippen LogP contribution in [0.3, 0.4) is 0 Å². The van der Waals surface area contributed by atoms with Crippen LogP contribution in [-0.2, 0) is 0 Å². The minimum Gasteiger partial charge on any atom is -0.475 e. The molecule has 17 heavy (non-hydrogen) atoms. The van der Waals surface area contributed by atoms with Gasteiger partial charge in [-0.1, -0.05) is 0 Å². The maximum Gasteiger partial charge on any atom is 0.371 e. The average molecular weight is 237 g/mol. The molecule has 0 saturated heterocycles. The van der Waals surface area contributed by atoms with E-state index in [0.717, 1.165) is 12.8 Å². The molecule has 1 amide bonds. The first kappa shape index (κ1) is 11.7. The summed E-state index contributed by atoms with van der Waals surface area (Å²) in [5, 5.41) is 8.71. The lowest BCUT2D eigenvalue weighted by Gasteiger charge is -2.23. The Bertz CT molecular complexity index is 447. The molecule has 1 saturated carbocycles. The predicted molar refractivity (Wildman–Crippen MR) is 59.9 cm³/mol. The summed E-state index contributed by atoms with van der Waals surface area (Å²) in [4.78, 5) is 24.2. The molecule has 1 heterocycles. The van der Waals surface area contributed by atoms with Crippen LogP contribution in [0.25, 0.3) is 0 Å². The highest BCUT2D eigenvalue weighted by Crippen LogP contribution is 2.35. The van der Waals surface area contributed by atoms with Crippen molar-refractivity contribution in [3.05, 3.63) is 23.7 Å². The van der Waals surface area contributed by atoms with Crippen molar-refractivity contribution >= 4 is 11.9 Å². The smallest absolute Gasteiger partial charge is 0.371 e. The van der Waals surface area contributed by atoms with Gasteiger partial charge >= 0.3 is 5.97 Å². The monoisotopic (exact) mass is 237 g/mol. The Hall–Kier alpha value is -1.78. The summed E-state index contributed by atoms with van der Waals surface area (Å²) in [5.74, 6) is -0.991. The molecule has 92 valence electrons. The summed E-state index contributed by atoms with van der Waals surface area (Å²) in [6.07, 6.45) is 2.30. The number of furan rings is 1. The van der Waals surface area contributed by atoms with Crippen LogP contribution < -0.4 is 0 Å². The molecule has 1 fully saturated rings.